The van der Waals surface area contributed by atoms with Crippen LogP contribution < -0.4 is 10.9 Å². The van der Waals surface area contributed by atoms with Crippen molar-refractivity contribution in [3.05, 3.63) is 16.8 Å². The van der Waals surface area contributed by atoms with Crippen LogP contribution >= 0.6 is 11.3 Å². The number of nitrogens with zero attached hydrogens (tertiary/aromatic N) is 2. The Bertz CT molecular complexity index is 359. The summed E-state index contributed by atoms with van der Waals surface area (Å²) in [5.41, 5.74) is 7.19. The number of carbonyl (C=O) groups is 1. The Kier molecular flexibility index (Phi) is 2.36. The number of urea groups is 1. The minimum absolute atomic E-state index is 0.234. The van der Waals surface area contributed by atoms with Gasteiger partial charge in [0.05, 0.1) is 17.9 Å². The number of anilines is 1. The summed E-state index contributed by atoms with van der Waals surface area (Å²) in [7, 11) is 0. The molecule has 1 aliphatic heterocycles. The van der Waals surface area contributed by atoms with E-state index in [1.165, 1.54) is 5.01 Å². The van der Waals surface area contributed by atoms with Gasteiger partial charge in [-0.1, -0.05) is 0 Å². The van der Waals surface area contributed by atoms with Crippen LogP contribution in [0.4, 0.5) is 10.5 Å². The SMILES string of the molecule is CC1=NNC(=O)N(Nc2ccsc2)C1. The van der Waals surface area contributed by atoms with E-state index in [1.54, 1.807) is 11.3 Å². The third kappa shape index (κ3) is 1.85. The van der Waals surface area contributed by atoms with E-state index in [4.69, 9.17) is 0 Å². The third-order valence-corrected chi connectivity index (χ3v) is 2.44. The maximum atomic E-state index is 11.3. The second-order valence-electron chi connectivity index (χ2n) is 2.97. The molecule has 14 heavy (non-hydrogen) atoms. The molecular formula is C8H10N4OS. The Morgan fingerprint density at radius 1 is 1.71 bits per heavy atom. The van der Waals surface area contributed by atoms with Crippen molar-refractivity contribution >= 4 is 28.8 Å². The van der Waals surface area contributed by atoms with Crippen molar-refractivity contribution in [3.63, 3.8) is 0 Å². The summed E-state index contributed by atoms with van der Waals surface area (Å²) in [4.78, 5) is 11.3. The Labute approximate surface area is 85.4 Å². The van der Waals surface area contributed by atoms with Gasteiger partial charge in [-0.05, 0) is 18.4 Å². The first-order chi connectivity index (χ1) is 6.75. The van der Waals surface area contributed by atoms with Gasteiger partial charge in [0.2, 0.25) is 0 Å². The van der Waals surface area contributed by atoms with Crippen molar-refractivity contribution in [2.45, 2.75) is 6.92 Å². The number of hydrogen-bond donors (Lipinski definition) is 2. The average molecular weight is 210 g/mol. The fourth-order valence-electron chi connectivity index (χ4n) is 1.11. The minimum Gasteiger partial charge on any atom is -0.293 e. The van der Waals surface area contributed by atoms with Crippen molar-refractivity contribution in [1.82, 2.24) is 10.4 Å². The Morgan fingerprint density at radius 2 is 2.57 bits per heavy atom. The summed E-state index contributed by atoms with van der Waals surface area (Å²) in [5.74, 6) is 0. The van der Waals surface area contributed by atoms with Gasteiger partial charge >= 0.3 is 6.03 Å². The second-order valence-corrected chi connectivity index (χ2v) is 3.75. The number of amides is 2. The van der Waals surface area contributed by atoms with Crippen LogP contribution in [0.25, 0.3) is 0 Å². The van der Waals surface area contributed by atoms with Crippen LogP contribution in [0.1, 0.15) is 6.92 Å². The monoisotopic (exact) mass is 210 g/mol. The van der Waals surface area contributed by atoms with Gasteiger partial charge < -0.3 is 0 Å². The van der Waals surface area contributed by atoms with Crippen molar-refractivity contribution in [1.29, 1.82) is 0 Å². The molecule has 0 unspecified atom stereocenters. The lowest BCUT2D eigenvalue weighted by atomic mass is 10.4. The lowest BCUT2D eigenvalue weighted by molar-refractivity contribution is 0.211. The molecule has 6 heteroatoms. The first-order valence-electron chi connectivity index (χ1n) is 4.15. The van der Waals surface area contributed by atoms with Gasteiger partial charge in [0.25, 0.3) is 0 Å². The first kappa shape index (κ1) is 9.01. The number of hydrazine groups is 1. The van der Waals surface area contributed by atoms with Gasteiger partial charge in [-0.25, -0.2) is 15.2 Å². The second kappa shape index (κ2) is 3.67. The van der Waals surface area contributed by atoms with Gasteiger partial charge in [0.1, 0.15) is 0 Å². The molecule has 0 bridgehead atoms. The van der Waals surface area contributed by atoms with Gasteiger partial charge in [0, 0.05) is 5.38 Å². The molecular weight excluding hydrogens is 200 g/mol. The topological polar surface area (TPSA) is 56.7 Å². The van der Waals surface area contributed by atoms with Crippen molar-refractivity contribution in [2.24, 2.45) is 5.10 Å². The first-order valence-corrected chi connectivity index (χ1v) is 5.09. The number of carbonyl (C=O) groups excluding carboxylic acids is 1. The van der Waals surface area contributed by atoms with E-state index in [2.05, 4.69) is 16.0 Å². The Hall–Kier alpha value is -1.56. The molecule has 1 aromatic rings. The zero-order valence-electron chi connectivity index (χ0n) is 7.65. The van der Waals surface area contributed by atoms with Gasteiger partial charge in [-0.15, -0.1) is 0 Å². The standard InChI is InChI=1S/C8H10N4OS/c1-6-4-12(8(13)10-9-6)11-7-2-3-14-5-7/h2-3,5,11H,4H2,1H3,(H,10,13). The lowest BCUT2D eigenvalue weighted by Crippen LogP contribution is -2.48. The largest absolute Gasteiger partial charge is 0.356 e. The number of hydrazone groups is 1. The zero-order valence-corrected chi connectivity index (χ0v) is 8.47. The van der Waals surface area contributed by atoms with Crippen molar-refractivity contribution in [3.8, 4) is 0 Å². The van der Waals surface area contributed by atoms with Crippen LogP contribution in [0.3, 0.4) is 0 Å². The molecule has 0 aliphatic carbocycles. The quantitative estimate of drug-likeness (QED) is 0.776. The molecule has 0 fully saturated rings. The molecule has 1 aromatic heterocycles. The van der Waals surface area contributed by atoms with Crippen LogP contribution in [0.15, 0.2) is 21.9 Å². The summed E-state index contributed by atoms with van der Waals surface area (Å²) in [5, 5.41) is 9.21. The Morgan fingerprint density at radius 3 is 3.29 bits per heavy atom. The fraction of sp³-hybridized carbons (Fsp3) is 0.250. The van der Waals surface area contributed by atoms with E-state index in [0.717, 1.165) is 11.4 Å². The summed E-state index contributed by atoms with van der Waals surface area (Å²) in [6.45, 7) is 2.36. The van der Waals surface area contributed by atoms with Crippen LogP contribution in [0, 0.1) is 0 Å². The van der Waals surface area contributed by atoms with Crippen LogP contribution in [0.2, 0.25) is 0 Å². The fourth-order valence-corrected chi connectivity index (χ4v) is 1.70. The lowest BCUT2D eigenvalue weighted by Gasteiger charge is -2.26. The van der Waals surface area contributed by atoms with Crippen LogP contribution in [0.5, 0.6) is 0 Å². The molecule has 2 N–H and O–H groups in total. The van der Waals surface area contributed by atoms with Crippen LogP contribution in [-0.2, 0) is 0 Å². The van der Waals surface area contributed by atoms with E-state index in [0.29, 0.717) is 6.54 Å². The minimum atomic E-state index is -0.234. The maximum absolute atomic E-state index is 11.3. The number of rotatable bonds is 2. The molecule has 5 nitrogen and oxygen atoms in total. The molecule has 0 spiro atoms. The Balaban J connectivity index is 2.05. The average Bonchev–Trinajstić information content (AvgIpc) is 2.64. The molecule has 1 aliphatic rings. The van der Waals surface area contributed by atoms with Gasteiger partial charge in [-0.3, -0.25) is 5.43 Å². The maximum Gasteiger partial charge on any atom is 0.356 e. The number of nitrogens with one attached hydrogen (secondary N) is 2. The number of thiophene rings is 1. The highest BCUT2D eigenvalue weighted by Crippen LogP contribution is 2.13. The molecule has 0 aromatic carbocycles. The molecule has 2 amide bonds. The van der Waals surface area contributed by atoms with Crippen molar-refractivity contribution in [2.75, 3.05) is 12.0 Å². The van der Waals surface area contributed by atoms with Crippen LogP contribution in [-0.4, -0.2) is 23.3 Å². The van der Waals surface area contributed by atoms with E-state index < -0.39 is 0 Å². The normalized spacial score (nSPS) is 16.2. The van der Waals surface area contributed by atoms with Gasteiger partial charge in [-0.2, -0.15) is 16.4 Å². The van der Waals surface area contributed by atoms with Gasteiger partial charge in [0.15, 0.2) is 0 Å². The zero-order chi connectivity index (χ0) is 9.97. The molecule has 2 rings (SSSR count). The van der Waals surface area contributed by atoms with E-state index in [9.17, 15) is 4.79 Å². The highest BCUT2D eigenvalue weighted by atomic mass is 32.1. The summed E-state index contributed by atoms with van der Waals surface area (Å²) in [6.07, 6.45) is 0. The molecule has 74 valence electrons. The molecule has 0 atom stereocenters. The van der Waals surface area contributed by atoms with E-state index in [1.807, 2.05) is 23.8 Å². The molecule has 0 radical (unpaired) electrons. The molecule has 0 saturated carbocycles. The number of hydrogen-bond acceptors (Lipinski definition) is 4. The van der Waals surface area contributed by atoms with E-state index >= 15 is 0 Å². The third-order valence-electron chi connectivity index (χ3n) is 1.76. The predicted molar refractivity (Wildman–Crippen MR) is 56.3 cm³/mol. The summed E-state index contributed by atoms with van der Waals surface area (Å²) < 4.78 is 0. The predicted octanol–water partition coefficient (Wildman–Crippen LogP) is 1.48. The molecule has 2 heterocycles. The molecule has 0 saturated heterocycles. The van der Waals surface area contributed by atoms with Crippen molar-refractivity contribution < 1.29 is 4.79 Å². The van der Waals surface area contributed by atoms with E-state index in [-0.39, 0.29) is 6.03 Å². The highest BCUT2D eigenvalue weighted by Gasteiger charge is 2.18. The highest BCUT2D eigenvalue weighted by molar-refractivity contribution is 7.08. The summed E-state index contributed by atoms with van der Waals surface area (Å²) in [6, 6.07) is 1.68. The smallest absolute Gasteiger partial charge is 0.293 e. The summed E-state index contributed by atoms with van der Waals surface area (Å²) >= 11 is 1.58.